The lowest BCUT2D eigenvalue weighted by atomic mass is 9.47. The standard InChI is InChI=1S/C23H30O3/c1-15-4-7-20-22(15,2)10-9-19-18-6-5-17(24-3)14-16(18)8-11-23(19,20)21-25-12-13-26-21/h5-6,14,19-21H,1,4,7-13H2,2-3H3/t19?,20?,22-,23+/m1/s1. The zero-order valence-electron chi connectivity index (χ0n) is 16.1. The van der Waals surface area contributed by atoms with Crippen LogP contribution in [0.4, 0.5) is 0 Å². The van der Waals surface area contributed by atoms with Crippen LogP contribution in [-0.2, 0) is 15.9 Å². The van der Waals surface area contributed by atoms with Crippen LogP contribution in [0.1, 0.15) is 56.1 Å². The highest BCUT2D eigenvalue weighted by molar-refractivity contribution is 5.43. The zero-order chi connectivity index (χ0) is 17.9. The lowest BCUT2D eigenvalue weighted by molar-refractivity contribution is -0.200. The molecule has 1 heterocycles. The van der Waals surface area contributed by atoms with E-state index in [4.69, 9.17) is 14.2 Å². The third-order valence-corrected chi connectivity index (χ3v) is 8.17. The van der Waals surface area contributed by atoms with Crippen LogP contribution in [0.2, 0.25) is 0 Å². The van der Waals surface area contributed by atoms with Gasteiger partial charge in [-0.3, -0.25) is 0 Å². The number of rotatable bonds is 2. The summed E-state index contributed by atoms with van der Waals surface area (Å²) < 4.78 is 17.9. The summed E-state index contributed by atoms with van der Waals surface area (Å²) in [6.07, 6.45) is 7.02. The largest absolute Gasteiger partial charge is 0.497 e. The summed E-state index contributed by atoms with van der Waals surface area (Å²) >= 11 is 0. The molecule has 0 amide bonds. The topological polar surface area (TPSA) is 27.7 Å². The Kier molecular flexibility index (Phi) is 3.78. The monoisotopic (exact) mass is 354 g/mol. The number of aryl methyl sites for hydroxylation is 1. The van der Waals surface area contributed by atoms with Crippen molar-refractivity contribution in [3.63, 3.8) is 0 Å². The van der Waals surface area contributed by atoms with Crippen molar-refractivity contribution in [2.75, 3.05) is 20.3 Å². The second-order valence-electron chi connectivity index (χ2n) is 8.95. The van der Waals surface area contributed by atoms with Gasteiger partial charge >= 0.3 is 0 Å². The molecular weight excluding hydrogens is 324 g/mol. The van der Waals surface area contributed by atoms with Gasteiger partial charge in [0.15, 0.2) is 6.29 Å². The van der Waals surface area contributed by atoms with Crippen molar-refractivity contribution in [3.05, 3.63) is 41.5 Å². The summed E-state index contributed by atoms with van der Waals surface area (Å²) in [5, 5.41) is 0. The third-order valence-electron chi connectivity index (χ3n) is 8.17. The second kappa shape index (κ2) is 5.84. The predicted molar refractivity (Wildman–Crippen MR) is 101 cm³/mol. The van der Waals surface area contributed by atoms with Gasteiger partial charge < -0.3 is 14.2 Å². The van der Waals surface area contributed by atoms with Gasteiger partial charge in [0, 0.05) is 5.41 Å². The average molecular weight is 354 g/mol. The number of methoxy groups -OCH3 is 1. The molecule has 0 radical (unpaired) electrons. The Balaban J connectivity index is 1.64. The maximum absolute atomic E-state index is 6.22. The summed E-state index contributed by atoms with van der Waals surface area (Å²) in [5.41, 5.74) is 4.76. The van der Waals surface area contributed by atoms with Gasteiger partial charge in [0.25, 0.3) is 0 Å². The zero-order valence-corrected chi connectivity index (χ0v) is 16.1. The van der Waals surface area contributed by atoms with Crippen LogP contribution in [-0.4, -0.2) is 26.6 Å². The smallest absolute Gasteiger partial charge is 0.164 e. The average Bonchev–Trinajstić information content (AvgIpc) is 3.30. The fraction of sp³-hybridized carbons (Fsp3) is 0.652. The SMILES string of the molecule is C=C1CCC2[C@]3(C4OCCO4)CCc4cc(OC)ccc4C3CC[C@]12C. The maximum Gasteiger partial charge on any atom is 0.164 e. The molecule has 26 heavy (non-hydrogen) atoms. The Labute approximate surface area is 156 Å². The van der Waals surface area contributed by atoms with Gasteiger partial charge in [0.1, 0.15) is 5.75 Å². The van der Waals surface area contributed by atoms with Crippen LogP contribution in [0, 0.1) is 16.7 Å². The first-order valence-corrected chi connectivity index (χ1v) is 10.2. The van der Waals surface area contributed by atoms with Crippen LogP contribution in [0.3, 0.4) is 0 Å². The van der Waals surface area contributed by atoms with E-state index in [1.54, 1.807) is 7.11 Å². The van der Waals surface area contributed by atoms with E-state index >= 15 is 0 Å². The Morgan fingerprint density at radius 3 is 2.69 bits per heavy atom. The van der Waals surface area contributed by atoms with E-state index < -0.39 is 0 Å². The van der Waals surface area contributed by atoms with Gasteiger partial charge in [-0.2, -0.15) is 0 Å². The molecule has 140 valence electrons. The highest BCUT2D eigenvalue weighted by atomic mass is 16.7. The molecule has 3 nitrogen and oxygen atoms in total. The molecule has 1 aromatic carbocycles. The first kappa shape index (κ1) is 16.8. The minimum Gasteiger partial charge on any atom is -0.497 e. The Morgan fingerprint density at radius 2 is 1.92 bits per heavy atom. The fourth-order valence-electron chi connectivity index (χ4n) is 6.86. The van der Waals surface area contributed by atoms with Gasteiger partial charge in [-0.25, -0.2) is 0 Å². The molecule has 4 atom stereocenters. The van der Waals surface area contributed by atoms with Crippen molar-refractivity contribution in [3.8, 4) is 5.75 Å². The maximum atomic E-state index is 6.22. The molecule has 0 spiro atoms. The second-order valence-corrected chi connectivity index (χ2v) is 8.95. The van der Waals surface area contributed by atoms with Crippen molar-refractivity contribution in [2.24, 2.45) is 16.7 Å². The molecule has 3 aliphatic carbocycles. The van der Waals surface area contributed by atoms with E-state index in [0.717, 1.165) is 38.2 Å². The molecule has 5 rings (SSSR count). The summed E-state index contributed by atoms with van der Waals surface area (Å²) in [6.45, 7) is 8.41. The van der Waals surface area contributed by atoms with Crippen LogP contribution in [0.5, 0.6) is 5.75 Å². The van der Waals surface area contributed by atoms with Crippen LogP contribution in [0.15, 0.2) is 30.4 Å². The van der Waals surface area contributed by atoms with E-state index in [2.05, 4.69) is 31.7 Å². The molecule has 3 heteroatoms. The van der Waals surface area contributed by atoms with E-state index in [0.29, 0.717) is 11.8 Å². The molecule has 1 saturated heterocycles. The Hall–Kier alpha value is -1.32. The predicted octanol–water partition coefficient (Wildman–Crippen LogP) is 4.85. The van der Waals surface area contributed by atoms with Crippen LogP contribution in [0.25, 0.3) is 0 Å². The van der Waals surface area contributed by atoms with Crippen molar-refractivity contribution in [2.45, 2.75) is 57.7 Å². The van der Waals surface area contributed by atoms with Gasteiger partial charge in [-0.1, -0.05) is 25.1 Å². The molecule has 1 aliphatic heterocycles. The van der Waals surface area contributed by atoms with Crippen LogP contribution < -0.4 is 4.74 Å². The summed E-state index contributed by atoms with van der Waals surface area (Å²) in [6, 6.07) is 6.69. The molecule has 0 aromatic heterocycles. The highest BCUT2D eigenvalue weighted by Gasteiger charge is 2.64. The molecule has 4 aliphatic rings. The van der Waals surface area contributed by atoms with Gasteiger partial charge in [0.05, 0.1) is 20.3 Å². The highest BCUT2D eigenvalue weighted by Crippen LogP contribution is 2.70. The molecular formula is C23H30O3. The van der Waals surface area contributed by atoms with E-state index in [1.165, 1.54) is 36.0 Å². The number of hydrogen-bond acceptors (Lipinski definition) is 3. The molecule has 3 fully saturated rings. The molecule has 1 aromatic rings. The first-order valence-electron chi connectivity index (χ1n) is 10.2. The molecule has 2 unspecified atom stereocenters. The number of fused-ring (bicyclic) bond motifs is 5. The van der Waals surface area contributed by atoms with Gasteiger partial charge in [0.2, 0.25) is 0 Å². The van der Waals surface area contributed by atoms with Gasteiger partial charge in [-0.15, -0.1) is 0 Å². The lowest BCUT2D eigenvalue weighted by Crippen LogP contribution is -2.55. The van der Waals surface area contributed by atoms with E-state index in [1.807, 2.05) is 0 Å². The minimum absolute atomic E-state index is 0.0572. The van der Waals surface area contributed by atoms with E-state index in [9.17, 15) is 0 Å². The quantitative estimate of drug-likeness (QED) is 0.711. The van der Waals surface area contributed by atoms with Gasteiger partial charge in [-0.05, 0) is 79.0 Å². The van der Waals surface area contributed by atoms with Crippen molar-refractivity contribution >= 4 is 0 Å². The number of benzene rings is 1. The number of allylic oxidation sites excluding steroid dienone is 1. The summed E-state index contributed by atoms with van der Waals surface area (Å²) in [5.74, 6) is 2.10. The first-order chi connectivity index (χ1) is 12.6. The molecule has 0 bridgehead atoms. The fourth-order valence-corrected chi connectivity index (χ4v) is 6.86. The molecule has 2 saturated carbocycles. The minimum atomic E-state index is -0.0572. The van der Waals surface area contributed by atoms with Crippen LogP contribution >= 0.6 is 0 Å². The number of ether oxygens (including phenoxy) is 3. The van der Waals surface area contributed by atoms with Crippen molar-refractivity contribution in [1.29, 1.82) is 0 Å². The lowest BCUT2D eigenvalue weighted by Gasteiger charge is -2.59. The van der Waals surface area contributed by atoms with Crippen molar-refractivity contribution in [1.82, 2.24) is 0 Å². The Morgan fingerprint density at radius 1 is 1.12 bits per heavy atom. The normalized spacial score (nSPS) is 39.4. The summed E-state index contributed by atoms with van der Waals surface area (Å²) in [7, 11) is 1.76. The molecule has 0 N–H and O–H groups in total. The Bertz CT molecular complexity index is 735. The number of hydrogen-bond donors (Lipinski definition) is 0. The van der Waals surface area contributed by atoms with E-state index in [-0.39, 0.29) is 17.1 Å². The van der Waals surface area contributed by atoms with Crippen molar-refractivity contribution < 1.29 is 14.2 Å². The summed E-state index contributed by atoms with van der Waals surface area (Å²) in [4.78, 5) is 0. The third kappa shape index (κ3) is 2.07.